The number of carbonyl (C=O) groups excluding carboxylic acids is 3. The van der Waals surface area contributed by atoms with Crippen molar-refractivity contribution >= 4 is 51.6 Å². The van der Waals surface area contributed by atoms with Gasteiger partial charge in [0, 0.05) is 37.8 Å². The lowest BCUT2D eigenvalue weighted by atomic mass is 10.1. The maximum Gasteiger partial charge on any atom is 0.233 e. The van der Waals surface area contributed by atoms with Gasteiger partial charge in [-0.05, 0) is 12.1 Å². The van der Waals surface area contributed by atoms with E-state index in [1.54, 1.807) is 35.1 Å². The zero-order valence-corrected chi connectivity index (χ0v) is 19.1. The van der Waals surface area contributed by atoms with Crippen molar-refractivity contribution in [3.05, 3.63) is 24.3 Å². The highest BCUT2D eigenvalue weighted by Gasteiger charge is 2.35. The van der Waals surface area contributed by atoms with Gasteiger partial charge in [0.05, 0.1) is 32.0 Å². The summed E-state index contributed by atoms with van der Waals surface area (Å²) in [5.41, 5.74) is 0.698. The minimum atomic E-state index is -0.489. The summed E-state index contributed by atoms with van der Waals surface area (Å²) in [6.45, 7) is 2.61. The Morgan fingerprint density at radius 1 is 1.31 bits per heavy atom. The fourth-order valence-corrected chi connectivity index (χ4v) is 5.12. The van der Waals surface area contributed by atoms with Crippen LogP contribution in [0.1, 0.15) is 6.42 Å². The van der Waals surface area contributed by atoms with Crippen molar-refractivity contribution in [1.82, 2.24) is 15.1 Å². The Morgan fingerprint density at radius 2 is 2.12 bits per heavy atom. The van der Waals surface area contributed by atoms with Gasteiger partial charge in [0.1, 0.15) is 5.75 Å². The van der Waals surface area contributed by atoms with Crippen molar-refractivity contribution in [1.29, 1.82) is 0 Å². The molecular weight excluding hydrogens is 454 g/mol. The number of anilines is 2. The highest BCUT2D eigenvalue weighted by atomic mass is 32.2. The summed E-state index contributed by atoms with van der Waals surface area (Å²) >= 11 is 2.50. The van der Waals surface area contributed by atoms with Gasteiger partial charge in [0.2, 0.25) is 22.9 Å². The Morgan fingerprint density at radius 3 is 2.91 bits per heavy atom. The molecule has 10 nitrogen and oxygen atoms in total. The largest absolute Gasteiger partial charge is 0.497 e. The lowest BCUT2D eigenvalue weighted by Gasteiger charge is -2.26. The minimum absolute atomic E-state index is 0.0289. The molecule has 0 radical (unpaired) electrons. The summed E-state index contributed by atoms with van der Waals surface area (Å²) in [5, 5.41) is 11.1. The van der Waals surface area contributed by atoms with Gasteiger partial charge in [0.15, 0.2) is 4.34 Å². The number of amides is 3. The Bertz CT molecular complexity index is 994. The fraction of sp³-hybridized carbons (Fsp3) is 0.450. The molecule has 0 aliphatic carbocycles. The Kier molecular flexibility index (Phi) is 7.22. The molecule has 1 aromatic carbocycles. The molecule has 2 fully saturated rings. The smallest absolute Gasteiger partial charge is 0.233 e. The molecule has 1 aromatic heterocycles. The van der Waals surface area contributed by atoms with Crippen LogP contribution in [0.2, 0.25) is 0 Å². The standard InChI is InChI=1S/C20H23N5O5S2/c1-29-15-4-2-3-14(10-15)25-11-13(9-16(25)26)18(28)21-19-22-23-20(32-19)31-12-17(27)24-5-7-30-8-6-24/h2-4,10,13H,5-9,11-12H2,1H3,(H,21,22,28)/t13-/m1/s1. The van der Waals surface area contributed by atoms with Crippen LogP contribution in [0.5, 0.6) is 5.75 Å². The summed E-state index contributed by atoms with van der Waals surface area (Å²) in [7, 11) is 1.56. The van der Waals surface area contributed by atoms with Crippen LogP contribution < -0.4 is 15.0 Å². The summed E-state index contributed by atoms with van der Waals surface area (Å²) < 4.78 is 11.1. The van der Waals surface area contributed by atoms with Gasteiger partial charge in [-0.3, -0.25) is 14.4 Å². The molecule has 1 atom stereocenters. The maximum atomic E-state index is 12.7. The van der Waals surface area contributed by atoms with E-state index < -0.39 is 5.92 Å². The number of rotatable bonds is 7. The second-order valence-corrected chi connectivity index (χ2v) is 9.45. The molecule has 12 heteroatoms. The van der Waals surface area contributed by atoms with Crippen LogP contribution in [-0.4, -0.2) is 78.5 Å². The van der Waals surface area contributed by atoms with E-state index >= 15 is 0 Å². The third-order valence-electron chi connectivity index (χ3n) is 5.18. The van der Waals surface area contributed by atoms with Crippen LogP contribution in [0.4, 0.5) is 10.8 Å². The van der Waals surface area contributed by atoms with Crippen molar-refractivity contribution < 1.29 is 23.9 Å². The van der Waals surface area contributed by atoms with Gasteiger partial charge in [-0.25, -0.2) is 0 Å². The van der Waals surface area contributed by atoms with Crippen molar-refractivity contribution in [3.8, 4) is 5.75 Å². The number of carbonyl (C=O) groups is 3. The number of methoxy groups -OCH3 is 1. The zero-order valence-electron chi connectivity index (χ0n) is 17.5. The molecule has 2 aromatic rings. The second kappa shape index (κ2) is 10.3. The first kappa shape index (κ1) is 22.5. The van der Waals surface area contributed by atoms with Gasteiger partial charge < -0.3 is 24.6 Å². The minimum Gasteiger partial charge on any atom is -0.497 e. The monoisotopic (exact) mass is 477 g/mol. The number of ether oxygens (including phenoxy) is 2. The van der Waals surface area contributed by atoms with Crippen LogP contribution in [-0.2, 0) is 19.1 Å². The summed E-state index contributed by atoms with van der Waals surface area (Å²) in [4.78, 5) is 40.7. The maximum absolute atomic E-state index is 12.7. The molecule has 0 bridgehead atoms. The average Bonchev–Trinajstić information content (AvgIpc) is 3.44. The number of nitrogens with one attached hydrogen (secondary N) is 1. The van der Waals surface area contributed by atoms with Gasteiger partial charge in [-0.1, -0.05) is 29.2 Å². The predicted molar refractivity (Wildman–Crippen MR) is 120 cm³/mol. The van der Waals surface area contributed by atoms with E-state index in [0.717, 1.165) is 0 Å². The first-order valence-corrected chi connectivity index (χ1v) is 11.9. The van der Waals surface area contributed by atoms with Crippen LogP contribution in [0.3, 0.4) is 0 Å². The number of hydrogen-bond acceptors (Lipinski definition) is 9. The molecule has 3 amide bonds. The molecule has 170 valence electrons. The third kappa shape index (κ3) is 5.37. The molecule has 1 N–H and O–H groups in total. The number of benzene rings is 1. The quantitative estimate of drug-likeness (QED) is 0.471. The third-order valence-corrected chi connectivity index (χ3v) is 7.14. The van der Waals surface area contributed by atoms with E-state index in [9.17, 15) is 14.4 Å². The van der Waals surface area contributed by atoms with Crippen molar-refractivity contribution in [3.63, 3.8) is 0 Å². The molecule has 0 unspecified atom stereocenters. The lowest BCUT2D eigenvalue weighted by Crippen LogP contribution is -2.41. The van der Waals surface area contributed by atoms with Gasteiger partial charge >= 0.3 is 0 Å². The molecule has 0 spiro atoms. The van der Waals surface area contributed by atoms with E-state index in [1.807, 2.05) is 6.07 Å². The summed E-state index contributed by atoms with van der Waals surface area (Å²) in [6.07, 6.45) is 0.123. The fourth-order valence-electron chi connectivity index (χ4n) is 3.46. The molecule has 4 rings (SSSR count). The number of thioether (sulfide) groups is 1. The van der Waals surface area contributed by atoms with E-state index in [4.69, 9.17) is 9.47 Å². The normalized spacial score (nSPS) is 18.7. The molecular formula is C20H23N5O5S2. The number of morpholine rings is 1. The number of hydrogen-bond donors (Lipinski definition) is 1. The van der Waals surface area contributed by atoms with E-state index in [-0.39, 0.29) is 36.4 Å². The van der Waals surface area contributed by atoms with E-state index in [1.165, 1.54) is 23.1 Å². The average molecular weight is 478 g/mol. The predicted octanol–water partition coefficient (Wildman–Crippen LogP) is 1.49. The van der Waals surface area contributed by atoms with Crippen molar-refractivity contribution in [2.75, 3.05) is 55.9 Å². The molecule has 32 heavy (non-hydrogen) atoms. The highest BCUT2D eigenvalue weighted by molar-refractivity contribution is 8.01. The first-order chi connectivity index (χ1) is 15.5. The van der Waals surface area contributed by atoms with E-state index in [0.29, 0.717) is 47.2 Å². The number of nitrogens with zero attached hydrogens (tertiary/aromatic N) is 4. The van der Waals surface area contributed by atoms with Crippen molar-refractivity contribution in [2.45, 2.75) is 10.8 Å². The van der Waals surface area contributed by atoms with Crippen LogP contribution in [0, 0.1) is 5.92 Å². The molecule has 2 saturated heterocycles. The van der Waals surface area contributed by atoms with Gasteiger partial charge in [0.25, 0.3) is 0 Å². The summed E-state index contributed by atoms with van der Waals surface area (Å²) in [6, 6.07) is 7.19. The van der Waals surface area contributed by atoms with Gasteiger partial charge in [-0.2, -0.15) is 0 Å². The molecule has 3 heterocycles. The van der Waals surface area contributed by atoms with E-state index in [2.05, 4.69) is 15.5 Å². The topological polar surface area (TPSA) is 114 Å². The molecule has 0 saturated carbocycles. The molecule has 2 aliphatic rings. The lowest BCUT2D eigenvalue weighted by molar-refractivity contribution is -0.132. The van der Waals surface area contributed by atoms with Crippen molar-refractivity contribution in [2.24, 2.45) is 5.92 Å². The molecule has 2 aliphatic heterocycles. The number of aromatic nitrogens is 2. The van der Waals surface area contributed by atoms with Gasteiger partial charge in [-0.15, -0.1) is 10.2 Å². The van der Waals surface area contributed by atoms with Crippen LogP contribution >= 0.6 is 23.1 Å². The second-order valence-electron chi connectivity index (χ2n) is 7.25. The Balaban J connectivity index is 1.29. The first-order valence-electron chi connectivity index (χ1n) is 10.1. The summed E-state index contributed by atoms with van der Waals surface area (Å²) in [5.74, 6) is 0.0521. The van der Waals surface area contributed by atoms with Crippen LogP contribution in [0.25, 0.3) is 0 Å². The Labute approximate surface area is 193 Å². The SMILES string of the molecule is COc1cccc(N2C[C@H](C(=O)Nc3nnc(SCC(=O)N4CCOCC4)s3)CC2=O)c1. The van der Waals surface area contributed by atoms with Crippen LogP contribution in [0.15, 0.2) is 28.6 Å². The Hall–Kier alpha value is -2.70. The zero-order chi connectivity index (χ0) is 22.5. The highest BCUT2D eigenvalue weighted by Crippen LogP contribution is 2.30.